The number of nitrogens with one attached hydrogen (secondary N) is 1. The molecule has 1 aliphatic carbocycles. The quantitative estimate of drug-likeness (QED) is 0.318. The summed E-state index contributed by atoms with van der Waals surface area (Å²) in [6.07, 6.45) is 11.1. The zero-order valence-electron chi connectivity index (χ0n) is 23.1. The summed E-state index contributed by atoms with van der Waals surface area (Å²) < 4.78 is 0. The molecular weight excluding hydrogens is 462 g/mol. The van der Waals surface area contributed by atoms with Crippen molar-refractivity contribution >= 4 is 11.9 Å². The maximum Gasteiger partial charge on any atom is 0.322 e. The van der Waals surface area contributed by atoms with Crippen LogP contribution >= 0.6 is 0 Å². The molecule has 0 saturated heterocycles. The summed E-state index contributed by atoms with van der Waals surface area (Å²) in [5.74, 6) is -1.22. The van der Waals surface area contributed by atoms with Crippen LogP contribution in [0.3, 0.4) is 0 Å². The average molecular weight is 506 g/mol. The first kappa shape index (κ1) is 28.6. The number of benzene rings is 2. The lowest BCUT2D eigenvalue weighted by Crippen LogP contribution is -2.30. The molecule has 0 aromatic heterocycles. The molecule has 1 aliphatic rings. The molecule has 0 radical (unpaired) electrons. The standard InChI is InChI=1S/C32H43NO4/c1-6-32(7-2,26-12-14-28(24(5)20-26)30(36)33-21-29(34)35)25-11-13-27(23(4)19-25)22(3)15-18-31(37)16-9-8-10-17-31/h11-15,18-20,22,37H,6-10,16-17,21H2,1-5H3,(H,33,36)(H,34,35)/b18-15+. The van der Waals surface area contributed by atoms with Crippen molar-refractivity contribution in [1.29, 1.82) is 0 Å². The van der Waals surface area contributed by atoms with E-state index in [0.717, 1.165) is 49.7 Å². The molecular formula is C32H43NO4. The third-order valence-corrected chi connectivity index (χ3v) is 8.36. The van der Waals surface area contributed by atoms with E-state index in [0.29, 0.717) is 5.56 Å². The highest BCUT2D eigenvalue weighted by molar-refractivity contribution is 5.97. The highest BCUT2D eigenvalue weighted by Crippen LogP contribution is 2.41. The second kappa shape index (κ2) is 12.1. The van der Waals surface area contributed by atoms with E-state index in [2.05, 4.69) is 63.4 Å². The number of aliphatic carboxylic acids is 1. The summed E-state index contributed by atoms with van der Waals surface area (Å²) >= 11 is 0. The molecule has 5 heteroatoms. The van der Waals surface area contributed by atoms with Gasteiger partial charge >= 0.3 is 5.97 Å². The zero-order chi connectivity index (χ0) is 27.2. The largest absolute Gasteiger partial charge is 0.480 e. The Bertz CT molecular complexity index is 1140. The smallest absolute Gasteiger partial charge is 0.322 e. The predicted molar refractivity (Wildman–Crippen MR) is 149 cm³/mol. The molecule has 2 aromatic carbocycles. The molecule has 2 aromatic rings. The van der Waals surface area contributed by atoms with Gasteiger partial charge in [0, 0.05) is 11.0 Å². The Morgan fingerprint density at radius 3 is 2.14 bits per heavy atom. The number of carbonyl (C=O) groups is 2. The molecule has 1 amide bonds. The first-order valence-electron chi connectivity index (χ1n) is 13.7. The highest BCUT2D eigenvalue weighted by atomic mass is 16.4. The van der Waals surface area contributed by atoms with Crippen molar-refractivity contribution in [2.24, 2.45) is 0 Å². The molecule has 0 spiro atoms. The van der Waals surface area contributed by atoms with Crippen LogP contribution in [0.2, 0.25) is 0 Å². The van der Waals surface area contributed by atoms with Gasteiger partial charge in [-0.05, 0) is 79.3 Å². The summed E-state index contributed by atoms with van der Waals surface area (Å²) in [4.78, 5) is 23.3. The number of hydrogen-bond acceptors (Lipinski definition) is 3. The molecule has 3 N–H and O–H groups in total. The normalized spacial score (nSPS) is 16.5. The Labute approximate surface area is 222 Å². The zero-order valence-corrected chi connectivity index (χ0v) is 23.1. The van der Waals surface area contributed by atoms with E-state index in [1.54, 1.807) is 0 Å². The van der Waals surface area contributed by atoms with Gasteiger partial charge in [0.1, 0.15) is 6.54 Å². The van der Waals surface area contributed by atoms with Crippen LogP contribution in [-0.4, -0.2) is 34.2 Å². The topological polar surface area (TPSA) is 86.6 Å². The fourth-order valence-electron chi connectivity index (χ4n) is 5.94. The summed E-state index contributed by atoms with van der Waals surface area (Å²) in [7, 11) is 0. The van der Waals surface area contributed by atoms with Crippen LogP contribution in [0.25, 0.3) is 0 Å². The van der Waals surface area contributed by atoms with Crippen molar-refractivity contribution in [3.8, 4) is 0 Å². The lowest BCUT2D eigenvalue weighted by Gasteiger charge is -2.34. The van der Waals surface area contributed by atoms with Crippen molar-refractivity contribution in [2.45, 2.75) is 96.5 Å². The van der Waals surface area contributed by atoms with Crippen LogP contribution in [0, 0.1) is 13.8 Å². The first-order valence-corrected chi connectivity index (χ1v) is 13.7. The second-order valence-corrected chi connectivity index (χ2v) is 10.8. The molecule has 1 saturated carbocycles. The number of carboxylic acids is 1. The van der Waals surface area contributed by atoms with E-state index in [1.165, 1.54) is 23.1 Å². The van der Waals surface area contributed by atoms with E-state index < -0.39 is 18.1 Å². The fourth-order valence-corrected chi connectivity index (χ4v) is 5.94. The number of aryl methyl sites for hydroxylation is 2. The monoisotopic (exact) mass is 505 g/mol. The third kappa shape index (κ3) is 6.51. The van der Waals surface area contributed by atoms with E-state index in [9.17, 15) is 14.7 Å². The summed E-state index contributed by atoms with van der Waals surface area (Å²) in [5.41, 5.74) is 5.39. The Balaban J connectivity index is 1.88. The number of allylic oxidation sites excluding steroid dienone is 1. The van der Waals surface area contributed by atoms with Crippen molar-refractivity contribution in [2.75, 3.05) is 6.54 Å². The molecule has 37 heavy (non-hydrogen) atoms. The minimum absolute atomic E-state index is 0.194. The van der Waals surface area contributed by atoms with E-state index in [-0.39, 0.29) is 17.2 Å². The molecule has 1 fully saturated rings. The lowest BCUT2D eigenvalue weighted by atomic mass is 9.69. The average Bonchev–Trinajstić information content (AvgIpc) is 2.87. The molecule has 0 heterocycles. The Hall–Kier alpha value is -2.92. The number of carboxylic acid groups (broad SMARTS) is 1. The molecule has 1 unspecified atom stereocenters. The van der Waals surface area contributed by atoms with Gasteiger partial charge in [0.2, 0.25) is 0 Å². The van der Waals surface area contributed by atoms with E-state index >= 15 is 0 Å². The van der Waals surface area contributed by atoms with Gasteiger partial charge in [0.05, 0.1) is 5.60 Å². The van der Waals surface area contributed by atoms with Gasteiger partial charge in [0.15, 0.2) is 0 Å². The molecule has 1 atom stereocenters. The highest BCUT2D eigenvalue weighted by Gasteiger charge is 2.32. The maximum atomic E-state index is 12.5. The minimum atomic E-state index is -1.06. The summed E-state index contributed by atoms with van der Waals surface area (Å²) in [6.45, 7) is 10.3. The molecule has 0 aliphatic heterocycles. The molecule has 3 rings (SSSR count). The number of hydrogen-bond donors (Lipinski definition) is 3. The Morgan fingerprint density at radius 1 is 1.00 bits per heavy atom. The Kier molecular flexibility index (Phi) is 9.36. The molecule has 200 valence electrons. The second-order valence-electron chi connectivity index (χ2n) is 10.8. The van der Waals surface area contributed by atoms with Gasteiger partial charge in [-0.25, -0.2) is 0 Å². The number of rotatable bonds is 10. The van der Waals surface area contributed by atoms with Gasteiger partial charge in [-0.3, -0.25) is 9.59 Å². The maximum absolute atomic E-state index is 12.5. The van der Waals surface area contributed by atoms with Crippen LogP contribution < -0.4 is 5.32 Å². The minimum Gasteiger partial charge on any atom is -0.480 e. The number of amides is 1. The van der Waals surface area contributed by atoms with Crippen LogP contribution in [0.5, 0.6) is 0 Å². The van der Waals surface area contributed by atoms with E-state index in [1.807, 2.05) is 25.1 Å². The number of carbonyl (C=O) groups excluding carboxylic acids is 1. The first-order chi connectivity index (χ1) is 17.5. The van der Waals surface area contributed by atoms with Gasteiger partial charge in [-0.1, -0.05) is 82.5 Å². The van der Waals surface area contributed by atoms with Crippen LogP contribution in [0.15, 0.2) is 48.6 Å². The van der Waals surface area contributed by atoms with Gasteiger partial charge < -0.3 is 15.5 Å². The number of aliphatic hydroxyl groups is 1. The van der Waals surface area contributed by atoms with Crippen LogP contribution in [0.1, 0.15) is 110 Å². The molecule has 5 nitrogen and oxygen atoms in total. The van der Waals surface area contributed by atoms with Crippen molar-refractivity contribution in [3.05, 3.63) is 81.9 Å². The SMILES string of the molecule is CCC(CC)(c1ccc(C(=O)NCC(=O)O)c(C)c1)c1ccc(C(C)/C=C/C2(O)CCCCC2)c(C)c1. The van der Waals surface area contributed by atoms with Crippen LogP contribution in [0.4, 0.5) is 0 Å². The van der Waals surface area contributed by atoms with Crippen molar-refractivity contribution < 1.29 is 19.8 Å². The van der Waals surface area contributed by atoms with Gasteiger partial charge in [-0.15, -0.1) is 0 Å². The predicted octanol–water partition coefficient (Wildman–Crippen LogP) is 6.58. The van der Waals surface area contributed by atoms with Gasteiger partial charge in [0.25, 0.3) is 5.91 Å². The molecule has 0 bridgehead atoms. The Morgan fingerprint density at radius 2 is 1.59 bits per heavy atom. The summed E-state index contributed by atoms with van der Waals surface area (Å²) in [5, 5.41) is 22.2. The fraction of sp³-hybridized carbons (Fsp3) is 0.500. The van der Waals surface area contributed by atoms with Crippen LogP contribution in [-0.2, 0) is 10.2 Å². The summed E-state index contributed by atoms with van der Waals surface area (Å²) in [6, 6.07) is 12.6. The lowest BCUT2D eigenvalue weighted by molar-refractivity contribution is -0.135. The van der Waals surface area contributed by atoms with E-state index in [4.69, 9.17) is 5.11 Å². The van der Waals surface area contributed by atoms with Crippen molar-refractivity contribution in [1.82, 2.24) is 5.32 Å². The van der Waals surface area contributed by atoms with Gasteiger partial charge in [-0.2, -0.15) is 0 Å². The third-order valence-electron chi connectivity index (χ3n) is 8.36. The van der Waals surface area contributed by atoms with Crippen molar-refractivity contribution in [3.63, 3.8) is 0 Å².